The van der Waals surface area contributed by atoms with Crippen LogP contribution in [0.1, 0.15) is 5.56 Å². The molecule has 0 atom stereocenters. The van der Waals surface area contributed by atoms with E-state index in [2.05, 4.69) is 0 Å². The topological polar surface area (TPSA) is 145 Å². The molecule has 0 aromatic heterocycles. The molecule has 0 bridgehead atoms. The van der Waals surface area contributed by atoms with E-state index in [1.54, 1.807) is 12.1 Å². The van der Waals surface area contributed by atoms with Crippen LogP contribution < -0.4 is 4.74 Å². The molecule has 1 aromatic rings. The van der Waals surface area contributed by atoms with E-state index in [1.165, 1.54) is 19.3 Å². The number of carboxylic acid groups (broad SMARTS) is 1. The van der Waals surface area contributed by atoms with Crippen molar-refractivity contribution in [3.05, 3.63) is 29.8 Å². The van der Waals surface area contributed by atoms with E-state index in [9.17, 15) is 9.90 Å². The summed E-state index contributed by atoms with van der Waals surface area (Å²) in [4.78, 5) is 31.8. The Balaban J connectivity index is 0.000000555. The lowest BCUT2D eigenvalue weighted by Gasteiger charge is -2.03. The van der Waals surface area contributed by atoms with E-state index in [0.717, 1.165) is 6.08 Å². The highest BCUT2D eigenvalue weighted by atomic mass is 31.2. The maximum absolute atomic E-state index is 10.2. The van der Waals surface area contributed by atoms with Crippen molar-refractivity contribution >= 4 is 19.9 Å². The summed E-state index contributed by atoms with van der Waals surface area (Å²) in [6.45, 7) is 0. The van der Waals surface area contributed by atoms with Crippen molar-refractivity contribution in [2.45, 2.75) is 0 Å². The van der Waals surface area contributed by atoms with E-state index >= 15 is 0 Å². The number of ether oxygens (including phenoxy) is 1. The molecule has 0 saturated carbocycles. The average molecular weight is 292 g/mol. The Labute approximate surface area is 108 Å². The Hall–Kier alpha value is -1.86. The van der Waals surface area contributed by atoms with Gasteiger partial charge in [0.15, 0.2) is 11.5 Å². The van der Waals surface area contributed by atoms with Crippen LogP contribution >= 0.6 is 7.82 Å². The molecule has 0 unspecified atom stereocenters. The number of carboxylic acids is 1. The average Bonchev–Trinajstić information content (AvgIpc) is 2.25. The molecule has 5 N–H and O–H groups in total. The van der Waals surface area contributed by atoms with Gasteiger partial charge in [0.25, 0.3) is 0 Å². The molecule has 0 fully saturated rings. The van der Waals surface area contributed by atoms with Crippen LogP contribution in [0.5, 0.6) is 11.5 Å². The van der Waals surface area contributed by atoms with Gasteiger partial charge in [-0.2, -0.15) is 0 Å². The number of phosphoric acid groups is 1. The van der Waals surface area contributed by atoms with Gasteiger partial charge in [-0.1, -0.05) is 6.07 Å². The van der Waals surface area contributed by atoms with Crippen LogP contribution in [0.4, 0.5) is 0 Å². The van der Waals surface area contributed by atoms with Crippen LogP contribution in [0, 0.1) is 0 Å². The number of carbonyl (C=O) groups is 1. The number of phenols is 1. The summed E-state index contributed by atoms with van der Waals surface area (Å²) >= 11 is 0. The van der Waals surface area contributed by atoms with Gasteiger partial charge < -0.3 is 29.6 Å². The van der Waals surface area contributed by atoms with Gasteiger partial charge in [-0.15, -0.1) is 0 Å². The van der Waals surface area contributed by atoms with Crippen LogP contribution in [0.15, 0.2) is 24.3 Å². The van der Waals surface area contributed by atoms with Gasteiger partial charge in [-0.3, -0.25) is 0 Å². The molecular formula is C10H13O8P. The Morgan fingerprint density at radius 3 is 2.26 bits per heavy atom. The zero-order valence-electron chi connectivity index (χ0n) is 9.79. The summed E-state index contributed by atoms with van der Waals surface area (Å²) in [5, 5.41) is 17.6. The molecule has 0 heterocycles. The van der Waals surface area contributed by atoms with E-state index < -0.39 is 13.8 Å². The van der Waals surface area contributed by atoms with Gasteiger partial charge in [0.1, 0.15) is 0 Å². The second-order valence-electron chi connectivity index (χ2n) is 3.12. The monoisotopic (exact) mass is 292 g/mol. The highest BCUT2D eigenvalue weighted by molar-refractivity contribution is 7.45. The summed E-state index contributed by atoms with van der Waals surface area (Å²) in [7, 11) is -3.21. The molecule has 1 aromatic carbocycles. The standard InChI is InChI=1S/C10H10O4.H3O4P/c1-14-9-6-7(2-4-8(9)11)3-5-10(12)13;1-5(2,3)4/h2-6,11H,1H3,(H,12,13);(H3,1,2,3,4)/b5-3-;. The molecule has 9 heteroatoms. The first-order valence-electron chi connectivity index (χ1n) is 4.70. The quantitative estimate of drug-likeness (QED) is 0.401. The molecule has 8 nitrogen and oxygen atoms in total. The van der Waals surface area contributed by atoms with Crippen molar-refractivity contribution in [2.24, 2.45) is 0 Å². The molecule has 0 amide bonds. The number of methoxy groups -OCH3 is 1. The third-order valence-electron chi connectivity index (χ3n) is 1.62. The third-order valence-corrected chi connectivity index (χ3v) is 1.62. The maximum atomic E-state index is 10.2. The van der Waals surface area contributed by atoms with Crippen molar-refractivity contribution in [1.82, 2.24) is 0 Å². The molecule has 0 spiro atoms. The Bertz CT molecular complexity index is 496. The van der Waals surface area contributed by atoms with Crippen LogP contribution in [0.3, 0.4) is 0 Å². The smallest absolute Gasteiger partial charge is 0.466 e. The van der Waals surface area contributed by atoms with Gasteiger partial charge in [0.05, 0.1) is 7.11 Å². The fourth-order valence-corrected chi connectivity index (χ4v) is 0.965. The van der Waals surface area contributed by atoms with Crippen molar-refractivity contribution in [2.75, 3.05) is 7.11 Å². The number of benzene rings is 1. The number of hydrogen-bond acceptors (Lipinski definition) is 4. The molecule has 0 aliphatic carbocycles. The van der Waals surface area contributed by atoms with E-state index in [0.29, 0.717) is 11.3 Å². The second-order valence-corrected chi connectivity index (χ2v) is 4.14. The van der Waals surface area contributed by atoms with Gasteiger partial charge >= 0.3 is 13.8 Å². The summed E-state index contributed by atoms with van der Waals surface area (Å²) in [6.07, 6.45) is 2.44. The highest BCUT2D eigenvalue weighted by Crippen LogP contribution is 2.26. The number of phenolic OH excluding ortho intramolecular Hbond substituents is 1. The Morgan fingerprint density at radius 1 is 1.32 bits per heavy atom. The summed E-state index contributed by atoms with van der Waals surface area (Å²) in [6, 6.07) is 4.59. The molecule has 19 heavy (non-hydrogen) atoms. The maximum Gasteiger partial charge on any atom is 0.466 e. The van der Waals surface area contributed by atoms with Gasteiger partial charge in [-0.05, 0) is 23.8 Å². The predicted molar refractivity (Wildman–Crippen MR) is 65.6 cm³/mol. The summed E-state index contributed by atoms with van der Waals surface area (Å²) < 4.78 is 13.7. The van der Waals surface area contributed by atoms with Gasteiger partial charge in [-0.25, -0.2) is 9.36 Å². The first-order chi connectivity index (χ1) is 8.63. The van der Waals surface area contributed by atoms with Crippen molar-refractivity contribution in [3.8, 4) is 11.5 Å². The summed E-state index contributed by atoms with van der Waals surface area (Å²) in [5.74, 6) is -0.672. The van der Waals surface area contributed by atoms with Crippen LogP contribution in [-0.2, 0) is 9.36 Å². The fraction of sp³-hybridized carbons (Fsp3) is 0.100. The zero-order chi connectivity index (χ0) is 15.1. The van der Waals surface area contributed by atoms with Crippen molar-refractivity contribution in [1.29, 1.82) is 0 Å². The largest absolute Gasteiger partial charge is 0.504 e. The van der Waals surface area contributed by atoms with Crippen LogP contribution in [-0.4, -0.2) is 38.0 Å². The Kier molecular flexibility index (Phi) is 6.81. The van der Waals surface area contributed by atoms with Crippen molar-refractivity contribution in [3.63, 3.8) is 0 Å². The number of hydrogen-bond donors (Lipinski definition) is 5. The zero-order valence-corrected chi connectivity index (χ0v) is 10.7. The lowest BCUT2D eigenvalue weighted by Crippen LogP contribution is -1.87. The molecule has 106 valence electrons. The first kappa shape index (κ1) is 17.1. The van der Waals surface area contributed by atoms with E-state index in [4.69, 9.17) is 29.1 Å². The number of rotatable bonds is 3. The molecule has 0 aliphatic rings. The van der Waals surface area contributed by atoms with E-state index in [-0.39, 0.29) is 5.75 Å². The SMILES string of the molecule is COc1cc(/C=C\C(=O)O)ccc1O.O=P(O)(O)O. The third kappa shape index (κ3) is 9.81. The molecule has 1 rings (SSSR count). The minimum atomic E-state index is -4.64. The predicted octanol–water partition coefficient (Wildman–Crippen LogP) is 0.570. The lowest BCUT2D eigenvalue weighted by atomic mass is 10.2. The van der Waals surface area contributed by atoms with Gasteiger partial charge in [0.2, 0.25) is 0 Å². The van der Waals surface area contributed by atoms with Crippen LogP contribution in [0.2, 0.25) is 0 Å². The van der Waals surface area contributed by atoms with Crippen LogP contribution in [0.25, 0.3) is 6.08 Å². The minimum absolute atomic E-state index is 0.0278. The first-order valence-corrected chi connectivity index (χ1v) is 6.26. The molecular weight excluding hydrogens is 279 g/mol. The summed E-state index contributed by atoms with van der Waals surface area (Å²) in [5.41, 5.74) is 0.655. The molecule has 0 saturated heterocycles. The highest BCUT2D eigenvalue weighted by Gasteiger charge is 2.00. The van der Waals surface area contributed by atoms with E-state index in [1.807, 2.05) is 0 Å². The number of aromatic hydroxyl groups is 1. The van der Waals surface area contributed by atoms with Gasteiger partial charge in [0, 0.05) is 6.08 Å². The minimum Gasteiger partial charge on any atom is -0.504 e. The normalized spacial score (nSPS) is 10.7. The number of aliphatic carboxylic acids is 1. The fourth-order valence-electron chi connectivity index (χ4n) is 0.965. The lowest BCUT2D eigenvalue weighted by molar-refractivity contribution is -0.131. The molecule has 0 aliphatic heterocycles. The Morgan fingerprint density at radius 2 is 1.84 bits per heavy atom. The molecule has 0 radical (unpaired) electrons. The van der Waals surface area contributed by atoms with Crippen molar-refractivity contribution < 1.29 is 39.0 Å². The second kappa shape index (κ2) is 7.55.